The number of aryl methyl sites for hydroxylation is 1. The molecule has 3 unspecified atom stereocenters. The molecule has 1 aliphatic heterocycles. The van der Waals surface area contributed by atoms with E-state index in [0.717, 1.165) is 43.5 Å². The van der Waals surface area contributed by atoms with Crippen LogP contribution in [0.5, 0.6) is 5.75 Å². The number of aliphatic hydroxyl groups excluding tert-OH is 1. The zero-order valence-corrected chi connectivity index (χ0v) is 11.3. The van der Waals surface area contributed by atoms with Crippen molar-refractivity contribution in [2.24, 2.45) is 17.8 Å². The van der Waals surface area contributed by atoms with E-state index >= 15 is 0 Å². The van der Waals surface area contributed by atoms with Crippen molar-refractivity contribution < 1.29 is 9.84 Å². The summed E-state index contributed by atoms with van der Waals surface area (Å²) in [5, 5.41) is 10.3. The molecule has 2 nitrogen and oxygen atoms in total. The quantitative estimate of drug-likeness (QED) is 0.899. The summed E-state index contributed by atoms with van der Waals surface area (Å²) in [6.45, 7) is 0.826. The van der Waals surface area contributed by atoms with E-state index in [9.17, 15) is 5.11 Å². The molecular weight excluding hydrogens is 236 g/mol. The molecule has 0 amide bonds. The monoisotopic (exact) mass is 258 g/mol. The molecule has 0 bridgehead atoms. The maximum absolute atomic E-state index is 10.3. The van der Waals surface area contributed by atoms with Crippen molar-refractivity contribution in [1.29, 1.82) is 0 Å². The van der Waals surface area contributed by atoms with E-state index in [-0.39, 0.29) is 6.10 Å². The summed E-state index contributed by atoms with van der Waals surface area (Å²) >= 11 is 0. The van der Waals surface area contributed by atoms with Gasteiger partial charge >= 0.3 is 0 Å². The smallest absolute Gasteiger partial charge is 0.122 e. The topological polar surface area (TPSA) is 29.5 Å². The van der Waals surface area contributed by atoms with Crippen molar-refractivity contribution >= 4 is 0 Å². The number of fused-ring (bicyclic) bond motifs is 2. The highest BCUT2D eigenvalue weighted by Gasteiger charge is 2.47. The van der Waals surface area contributed by atoms with Crippen LogP contribution in [0.15, 0.2) is 18.2 Å². The summed E-state index contributed by atoms with van der Waals surface area (Å²) in [6.07, 6.45) is 6.88. The van der Waals surface area contributed by atoms with Gasteiger partial charge in [0.2, 0.25) is 0 Å². The number of hydrogen-bond acceptors (Lipinski definition) is 2. The highest BCUT2D eigenvalue weighted by atomic mass is 16.5. The summed E-state index contributed by atoms with van der Waals surface area (Å²) < 4.78 is 5.53. The molecular formula is C17H22O2. The lowest BCUT2D eigenvalue weighted by molar-refractivity contribution is 0.0955. The molecule has 1 heterocycles. The predicted molar refractivity (Wildman–Crippen MR) is 74.3 cm³/mol. The zero-order chi connectivity index (χ0) is 12.8. The Morgan fingerprint density at radius 2 is 2.05 bits per heavy atom. The van der Waals surface area contributed by atoms with E-state index in [1.54, 1.807) is 0 Å². The normalized spacial score (nSPS) is 32.6. The third kappa shape index (κ3) is 2.27. The first-order valence-corrected chi connectivity index (χ1v) is 7.72. The van der Waals surface area contributed by atoms with Gasteiger partial charge in [-0.25, -0.2) is 0 Å². The Hall–Kier alpha value is -1.02. The first-order chi connectivity index (χ1) is 9.29. The van der Waals surface area contributed by atoms with Gasteiger partial charge in [0.15, 0.2) is 0 Å². The Balaban J connectivity index is 1.34. The summed E-state index contributed by atoms with van der Waals surface area (Å²) in [5.74, 6) is 3.58. The molecule has 102 valence electrons. The number of aliphatic hydroxyl groups is 1. The molecule has 1 N–H and O–H groups in total. The minimum atomic E-state index is -0.0858. The van der Waals surface area contributed by atoms with E-state index in [0.29, 0.717) is 5.92 Å². The lowest BCUT2D eigenvalue weighted by Crippen LogP contribution is -2.19. The number of hydrogen-bond donors (Lipinski definition) is 1. The van der Waals surface area contributed by atoms with Gasteiger partial charge in [0.05, 0.1) is 12.7 Å². The van der Waals surface area contributed by atoms with Crippen LogP contribution in [0.4, 0.5) is 0 Å². The Bertz CT molecular complexity index is 472. The second-order valence-electron chi connectivity index (χ2n) is 6.63. The number of ether oxygens (including phenoxy) is 1. The van der Waals surface area contributed by atoms with E-state index in [2.05, 4.69) is 18.2 Å². The summed E-state index contributed by atoms with van der Waals surface area (Å²) in [7, 11) is 0. The second kappa shape index (κ2) is 4.52. The highest BCUT2D eigenvalue weighted by molar-refractivity contribution is 5.39. The van der Waals surface area contributed by atoms with Crippen molar-refractivity contribution in [1.82, 2.24) is 0 Å². The van der Waals surface area contributed by atoms with Crippen molar-refractivity contribution in [2.75, 3.05) is 6.61 Å². The van der Waals surface area contributed by atoms with Crippen molar-refractivity contribution in [3.8, 4) is 5.75 Å². The minimum Gasteiger partial charge on any atom is -0.493 e. The predicted octanol–water partition coefficient (Wildman–Crippen LogP) is 2.96. The Kier molecular flexibility index (Phi) is 2.80. The van der Waals surface area contributed by atoms with Gasteiger partial charge in [-0.1, -0.05) is 12.1 Å². The molecule has 0 aromatic heterocycles. The Labute approximate surface area is 114 Å². The number of rotatable bonds is 4. The average molecular weight is 258 g/mol. The van der Waals surface area contributed by atoms with Gasteiger partial charge in [-0.05, 0) is 67.1 Å². The molecule has 19 heavy (non-hydrogen) atoms. The molecule has 1 aromatic carbocycles. The van der Waals surface area contributed by atoms with Crippen LogP contribution in [0.3, 0.4) is 0 Å². The highest BCUT2D eigenvalue weighted by Crippen LogP contribution is 2.55. The van der Waals surface area contributed by atoms with Crippen LogP contribution < -0.4 is 4.74 Å². The summed E-state index contributed by atoms with van der Waals surface area (Å²) in [4.78, 5) is 0. The van der Waals surface area contributed by atoms with Gasteiger partial charge in [-0.2, -0.15) is 0 Å². The minimum absolute atomic E-state index is 0.0858. The number of benzene rings is 1. The van der Waals surface area contributed by atoms with Crippen LogP contribution in [0.1, 0.15) is 36.8 Å². The Morgan fingerprint density at radius 1 is 1.21 bits per heavy atom. The fraction of sp³-hybridized carbons (Fsp3) is 0.647. The molecule has 4 rings (SSSR count). The van der Waals surface area contributed by atoms with Gasteiger partial charge in [0.1, 0.15) is 5.75 Å². The molecule has 2 saturated carbocycles. The van der Waals surface area contributed by atoms with Crippen LogP contribution in [-0.4, -0.2) is 17.8 Å². The second-order valence-corrected chi connectivity index (χ2v) is 6.63. The van der Waals surface area contributed by atoms with Crippen LogP contribution in [0, 0.1) is 17.8 Å². The SMILES string of the molecule is OC(CCc1ccc2c(c1)CCO2)C1CC2CC2C1. The third-order valence-electron chi connectivity index (χ3n) is 5.31. The first-order valence-electron chi connectivity index (χ1n) is 7.72. The van der Waals surface area contributed by atoms with Crippen LogP contribution in [-0.2, 0) is 12.8 Å². The largest absolute Gasteiger partial charge is 0.493 e. The van der Waals surface area contributed by atoms with Crippen LogP contribution in [0.2, 0.25) is 0 Å². The van der Waals surface area contributed by atoms with Crippen LogP contribution in [0.25, 0.3) is 0 Å². The average Bonchev–Trinajstić information content (AvgIpc) is 2.87. The van der Waals surface area contributed by atoms with Crippen molar-refractivity contribution in [2.45, 2.75) is 44.6 Å². The molecule has 0 spiro atoms. The maximum Gasteiger partial charge on any atom is 0.122 e. The van der Waals surface area contributed by atoms with Gasteiger partial charge in [0.25, 0.3) is 0 Å². The first kappa shape index (κ1) is 11.8. The molecule has 2 aliphatic carbocycles. The molecule has 0 radical (unpaired) electrons. The Morgan fingerprint density at radius 3 is 2.89 bits per heavy atom. The third-order valence-corrected chi connectivity index (χ3v) is 5.31. The summed E-state index contributed by atoms with van der Waals surface area (Å²) in [6, 6.07) is 6.51. The van der Waals surface area contributed by atoms with Crippen molar-refractivity contribution in [3.63, 3.8) is 0 Å². The van der Waals surface area contributed by atoms with E-state index in [1.807, 2.05) is 0 Å². The van der Waals surface area contributed by atoms with Gasteiger partial charge in [0, 0.05) is 6.42 Å². The lowest BCUT2D eigenvalue weighted by Gasteiger charge is -2.19. The molecule has 3 atom stereocenters. The van der Waals surface area contributed by atoms with Gasteiger partial charge in [-0.15, -0.1) is 0 Å². The van der Waals surface area contributed by atoms with E-state index in [4.69, 9.17) is 4.74 Å². The van der Waals surface area contributed by atoms with Gasteiger partial charge in [-0.3, -0.25) is 0 Å². The van der Waals surface area contributed by atoms with E-state index in [1.165, 1.54) is 30.4 Å². The standard InChI is InChI=1S/C17H22O2/c18-16(15-9-13-8-14(13)10-15)3-1-11-2-4-17-12(7-11)5-6-19-17/h2,4,7,13-16,18H,1,3,5-6,8-10H2. The molecule has 0 saturated heterocycles. The van der Waals surface area contributed by atoms with Gasteiger partial charge < -0.3 is 9.84 Å². The lowest BCUT2D eigenvalue weighted by atomic mass is 9.92. The molecule has 3 aliphatic rings. The molecule has 2 fully saturated rings. The van der Waals surface area contributed by atoms with Crippen molar-refractivity contribution in [3.05, 3.63) is 29.3 Å². The van der Waals surface area contributed by atoms with E-state index < -0.39 is 0 Å². The zero-order valence-electron chi connectivity index (χ0n) is 11.3. The fourth-order valence-electron chi connectivity index (χ4n) is 4.02. The molecule has 1 aromatic rings. The fourth-order valence-corrected chi connectivity index (χ4v) is 4.02. The maximum atomic E-state index is 10.3. The van der Waals surface area contributed by atoms with Crippen LogP contribution >= 0.6 is 0 Å². The summed E-state index contributed by atoms with van der Waals surface area (Å²) in [5.41, 5.74) is 2.69. The molecule has 2 heteroatoms.